The predicted octanol–water partition coefficient (Wildman–Crippen LogP) is 3.28. The van der Waals surface area contributed by atoms with Crippen molar-refractivity contribution in [2.45, 2.75) is 32.9 Å². The Kier molecular flexibility index (Phi) is 3.18. The quantitative estimate of drug-likeness (QED) is 0.781. The van der Waals surface area contributed by atoms with E-state index in [4.69, 9.17) is 4.74 Å². The minimum absolute atomic E-state index is 0.00251. The van der Waals surface area contributed by atoms with E-state index in [1.54, 1.807) is 4.90 Å². The molecule has 17 heavy (non-hydrogen) atoms. The summed E-state index contributed by atoms with van der Waals surface area (Å²) in [5.41, 5.74) is 1.05. The third-order valence-electron chi connectivity index (χ3n) is 2.91. The Morgan fingerprint density at radius 3 is 2.47 bits per heavy atom. The van der Waals surface area contributed by atoms with Gasteiger partial charge in [0.25, 0.3) is 0 Å². The molecule has 90 valence electrons. The van der Waals surface area contributed by atoms with Crippen LogP contribution < -0.4 is 0 Å². The van der Waals surface area contributed by atoms with Gasteiger partial charge in [0.1, 0.15) is 5.76 Å². The van der Waals surface area contributed by atoms with Crippen LogP contribution in [0.4, 0.5) is 4.79 Å². The smallest absolute Gasteiger partial charge is 0.412 e. The molecule has 3 heteroatoms. The van der Waals surface area contributed by atoms with Crippen LogP contribution in [-0.4, -0.2) is 23.1 Å². The Morgan fingerprint density at radius 2 is 1.94 bits per heavy atom. The zero-order valence-electron chi connectivity index (χ0n) is 10.4. The molecule has 1 unspecified atom stereocenters. The van der Waals surface area contributed by atoms with E-state index in [-0.39, 0.29) is 18.2 Å². The molecule has 0 bridgehead atoms. The van der Waals surface area contributed by atoms with Crippen LogP contribution in [-0.2, 0) is 4.74 Å². The summed E-state index contributed by atoms with van der Waals surface area (Å²) >= 11 is 0. The molecule has 1 aliphatic rings. The van der Waals surface area contributed by atoms with Crippen molar-refractivity contribution in [2.24, 2.45) is 0 Å². The third-order valence-corrected chi connectivity index (χ3v) is 2.91. The number of nitrogens with zero attached hydrogens (tertiary/aromatic N) is 1. The first-order valence-corrected chi connectivity index (χ1v) is 5.86. The van der Waals surface area contributed by atoms with E-state index in [1.807, 2.05) is 57.2 Å². The summed E-state index contributed by atoms with van der Waals surface area (Å²) in [4.78, 5) is 13.4. The molecular formula is C14H17NO2. The summed E-state index contributed by atoms with van der Waals surface area (Å²) < 4.78 is 5.30. The van der Waals surface area contributed by atoms with Crippen LogP contribution in [0.3, 0.4) is 0 Å². The fourth-order valence-corrected chi connectivity index (χ4v) is 2.06. The lowest BCUT2D eigenvalue weighted by Gasteiger charge is -2.21. The highest BCUT2D eigenvalue weighted by atomic mass is 16.6. The van der Waals surface area contributed by atoms with Crippen molar-refractivity contribution in [1.29, 1.82) is 0 Å². The van der Waals surface area contributed by atoms with Crippen molar-refractivity contribution in [2.75, 3.05) is 0 Å². The maximum Gasteiger partial charge on any atom is 0.415 e. The Bertz CT molecular complexity index is 437. The second kappa shape index (κ2) is 4.62. The van der Waals surface area contributed by atoms with Crippen molar-refractivity contribution in [3.05, 3.63) is 41.7 Å². The molecule has 0 radical (unpaired) electrons. The number of ether oxygens (including phenoxy) is 1. The lowest BCUT2D eigenvalue weighted by atomic mass is 10.1. The molecule has 0 saturated carbocycles. The van der Waals surface area contributed by atoms with Gasteiger partial charge in [0, 0.05) is 6.04 Å². The maximum absolute atomic E-state index is 11.7. The van der Waals surface area contributed by atoms with E-state index < -0.39 is 0 Å². The van der Waals surface area contributed by atoms with Gasteiger partial charge in [-0.15, -0.1) is 0 Å². The van der Waals surface area contributed by atoms with E-state index in [9.17, 15) is 4.79 Å². The first-order chi connectivity index (χ1) is 8.09. The number of amides is 1. The Morgan fingerprint density at radius 1 is 1.29 bits per heavy atom. The molecular weight excluding hydrogens is 214 g/mol. The lowest BCUT2D eigenvalue weighted by Crippen LogP contribution is -2.36. The number of carbonyl (C=O) groups is 1. The van der Waals surface area contributed by atoms with E-state index >= 15 is 0 Å². The highest BCUT2D eigenvalue weighted by Gasteiger charge is 2.35. The molecule has 1 amide bonds. The van der Waals surface area contributed by atoms with Gasteiger partial charge in [0.05, 0.1) is 6.04 Å². The van der Waals surface area contributed by atoms with Crippen LogP contribution in [0.1, 0.15) is 26.3 Å². The van der Waals surface area contributed by atoms with Gasteiger partial charge in [0.2, 0.25) is 0 Å². The standard InChI is InChI=1S/C14H17NO2/c1-10(2)15-11(3)13(17-14(15)16)9-12-7-5-4-6-8-12/h4-11H,1-3H3/b13-9-. The summed E-state index contributed by atoms with van der Waals surface area (Å²) in [7, 11) is 0. The average molecular weight is 231 g/mol. The largest absolute Gasteiger partial charge is 0.415 e. The topological polar surface area (TPSA) is 29.5 Å². The van der Waals surface area contributed by atoms with E-state index in [1.165, 1.54) is 0 Å². The SMILES string of the molecule is CC(C)N1C(=O)O/C(=C\c2ccccc2)C1C. The molecule has 0 N–H and O–H groups in total. The average Bonchev–Trinajstić information content (AvgIpc) is 2.55. The van der Waals surface area contributed by atoms with E-state index in [2.05, 4.69) is 0 Å². The summed E-state index contributed by atoms with van der Waals surface area (Å²) in [6.07, 6.45) is 1.67. The molecule has 0 aromatic heterocycles. The number of cyclic esters (lactones) is 1. The predicted molar refractivity (Wildman–Crippen MR) is 67.3 cm³/mol. The van der Waals surface area contributed by atoms with Crippen molar-refractivity contribution < 1.29 is 9.53 Å². The summed E-state index contributed by atoms with van der Waals surface area (Å²) in [6.45, 7) is 5.96. The molecule has 0 aliphatic carbocycles. The fourth-order valence-electron chi connectivity index (χ4n) is 2.06. The van der Waals surface area contributed by atoms with Gasteiger partial charge in [-0.05, 0) is 32.4 Å². The minimum Gasteiger partial charge on any atom is -0.412 e. The van der Waals surface area contributed by atoms with Crippen molar-refractivity contribution in [3.8, 4) is 0 Å². The number of hydrogen-bond donors (Lipinski definition) is 0. The Hall–Kier alpha value is -1.77. The van der Waals surface area contributed by atoms with Crippen LogP contribution in [0.5, 0.6) is 0 Å². The molecule has 1 aliphatic heterocycles. The van der Waals surface area contributed by atoms with Crippen molar-refractivity contribution in [3.63, 3.8) is 0 Å². The van der Waals surface area contributed by atoms with Crippen LogP contribution in [0.25, 0.3) is 6.08 Å². The second-order valence-electron chi connectivity index (χ2n) is 4.50. The zero-order chi connectivity index (χ0) is 12.4. The second-order valence-corrected chi connectivity index (χ2v) is 4.50. The van der Waals surface area contributed by atoms with Gasteiger partial charge >= 0.3 is 6.09 Å². The number of carbonyl (C=O) groups excluding carboxylic acids is 1. The molecule has 1 heterocycles. The van der Waals surface area contributed by atoms with E-state index in [0.717, 1.165) is 11.3 Å². The minimum atomic E-state index is -0.255. The number of benzene rings is 1. The highest BCUT2D eigenvalue weighted by Crippen LogP contribution is 2.26. The van der Waals surface area contributed by atoms with Crippen LogP contribution >= 0.6 is 0 Å². The summed E-state index contributed by atoms with van der Waals surface area (Å²) in [5, 5.41) is 0. The molecule has 3 nitrogen and oxygen atoms in total. The zero-order valence-corrected chi connectivity index (χ0v) is 10.4. The summed E-state index contributed by atoms with van der Waals surface area (Å²) in [6, 6.07) is 10.0. The first-order valence-electron chi connectivity index (χ1n) is 5.86. The third kappa shape index (κ3) is 2.33. The van der Waals surface area contributed by atoms with E-state index in [0.29, 0.717) is 0 Å². The molecule has 1 saturated heterocycles. The first kappa shape index (κ1) is 11.7. The van der Waals surface area contributed by atoms with Gasteiger partial charge in [0.15, 0.2) is 0 Å². The summed E-state index contributed by atoms with van der Waals surface area (Å²) in [5.74, 6) is 0.718. The molecule has 1 fully saturated rings. The molecule has 1 aromatic rings. The Labute approximate surface area is 102 Å². The normalized spacial score (nSPS) is 22.4. The fraction of sp³-hybridized carbons (Fsp3) is 0.357. The molecule has 0 spiro atoms. The molecule has 1 atom stereocenters. The Balaban J connectivity index is 2.25. The van der Waals surface area contributed by atoms with Gasteiger partial charge in [-0.3, -0.25) is 4.90 Å². The van der Waals surface area contributed by atoms with Gasteiger partial charge in [-0.25, -0.2) is 4.79 Å². The molecule has 1 aromatic carbocycles. The van der Waals surface area contributed by atoms with Gasteiger partial charge < -0.3 is 4.74 Å². The monoisotopic (exact) mass is 231 g/mol. The van der Waals surface area contributed by atoms with Gasteiger partial charge in [-0.1, -0.05) is 30.3 Å². The number of rotatable bonds is 2. The van der Waals surface area contributed by atoms with Crippen LogP contribution in [0, 0.1) is 0 Å². The number of hydrogen-bond acceptors (Lipinski definition) is 2. The van der Waals surface area contributed by atoms with Crippen LogP contribution in [0.2, 0.25) is 0 Å². The highest BCUT2D eigenvalue weighted by molar-refractivity contribution is 5.75. The van der Waals surface area contributed by atoms with Crippen LogP contribution in [0.15, 0.2) is 36.1 Å². The van der Waals surface area contributed by atoms with Crippen molar-refractivity contribution >= 4 is 12.2 Å². The van der Waals surface area contributed by atoms with Crippen molar-refractivity contribution in [1.82, 2.24) is 4.90 Å². The van der Waals surface area contributed by atoms with Gasteiger partial charge in [-0.2, -0.15) is 0 Å². The lowest BCUT2D eigenvalue weighted by molar-refractivity contribution is 0.155. The molecule has 2 rings (SSSR count). The maximum atomic E-state index is 11.7.